The van der Waals surface area contributed by atoms with E-state index >= 15 is 0 Å². The maximum atomic E-state index is 13.6. The Morgan fingerprint density at radius 3 is 2.15 bits per heavy atom. The summed E-state index contributed by atoms with van der Waals surface area (Å²) in [5.41, 5.74) is -0.249. The Morgan fingerprint density at radius 1 is 0.833 bits per heavy atom. The van der Waals surface area contributed by atoms with Crippen LogP contribution >= 0.6 is 0 Å². The molecule has 0 aliphatic rings. The maximum Gasteiger partial charge on any atom is 0.329 e. The van der Waals surface area contributed by atoms with Crippen molar-refractivity contribution in [2.75, 3.05) is 13.3 Å². The van der Waals surface area contributed by atoms with Crippen molar-refractivity contribution in [1.82, 2.24) is 21.0 Å². The third-order valence-electron chi connectivity index (χ3n) is 8.93. The Labute approximate surface area is 353 Å². The van der Waals surface area contributed by atoms with Crippen LogP contribution in [-0.2, 0) is 40.1 Å². The number of amides is 4. The molecule has 3 atom stereocenters. The third-order valence-corrected chi connectivity index (χ3v) is 8.93. The minimum Gasteiger partial charge on any atom is -0.493 e. The van der Waals surface area contributed by atoms with Gasteiger partial charge >= 0.3 is 11.9 Å². The highest BCUT2D eigenvalue weighted by Crippen LogP contribution is 2.30. The molecule has 0 bridgehead atoms. The molecule has 1 aromatic heterocycles. The Balaban J connectivity index is 1.71. The van der Waals surface area contributed by atoms with Crippen molar-refractivity contribution in [2.45, 2.75) is 131 Å². The molecule has 0 aliphatic carbocycles. The number of carbonyl (C=O) groups excluding carboxylic acids is 6. The summed E-state index contributed by atoms with van der Waals surface area (Å²) in [7, 11) is 0. The number of hydroxylamine groups is 2. The topological polar surface area (TPSA) is 192 Å². The number of unbranched alkanes of at least 4 members (excludes halogenated alkanes) is 2. The number of nitrogens with zero attached hydrogens (tertiary/aromatic N) is 1. The first-order chi connectivity index (χ1) is 28.4. The summed E-state index contributed by atoms with van der Waals surface area (Å²) < 4.78 is 22.5. The van der Waals surface area contributed by atoms with Gasteiger partial charge in [0, 0.05) is 5.56 Å². The van der Waals surface area contributed by atoms with Gasteiger partial charge in [-0.25, -0.2) is 9.86 Å². The van der Waals surface area contributed by atoms with Crippen LogP contribution in [0.2, 0.25) is 0 Å². The van der Waals surface area contributed by atoms with E-state index in [0.717, 1.165) is 24.8 Å². The van der Waals surface area contributed by atoms with Crippen LogP contribution in [0.3, 0.4) is 0 Å². The first-order valence-electron chi connectivity index (χ1n) is 20.5. The number of ether oxygens (including phenoxy) is 3. The van der Waals surface area contributed by atoms with Crippen LogP contribution in [0.1, 0.15) is 127 Å². The highest BCUT2D eigenvalue weighted by atomic mass is 16.7. The molecule has 328 valence electrons. The number of furan rings is 1. The number of hydrogen-bond acceptors (Lipinski definition) is 11. The lowest BCUT2D eigenvalue weighted by Gasteiger charge is -2.32. The average Bonchev–Trinajstić information content (AvgIpc) is 3.68. The second kappa shape index (κ2) is 23.2. The molecule has 60 heavy (non-hydrogen) atoms. The van der Waals surface area contributed by atoms with Gasteiger partial charge in [0.2, 0.25) is 12.3 Å². The van der Waals surface area contributed by atoms with Crippen LogP contribution in [-0.4, -0.2) is 77.7 Å². The molecule has 0 saturated carbocycles. The smallest absolute Gasteiger partial charge is 0.329 e. The van der Waals surface area contributed by atoms with E-state index in [9.17, 15) is 28.8 Å². The molecule has 3 rings (SSSR count). The lowest BCUT2D eigenvalue weighted by atomic mass is 9.90. The second-order valence-electron chi connectivity index (χ2n) is 16.2. The van der Waals surface area contributed by atoms with Crippen LogP contribution in [0.5, 0.6) is 5.75 Å². The minimum absolute atomic E-state index is 0.0336. The first-order valence-corrected chi connectivity index (χ1v) is 20.5. The lowest BCUT2D eigenvalue weighted by molar-refractivity contribution is -0.200. The third kappa shape index (κ3) is 15.8. The van der Waals surface area contributed by atoms with Gasteiger partial charge in [-0.15, -0.1) is 0 Å². The minimum atomic E-state index is -1.35. The van der Waals surface area contributed by atoms with Crippen LogP contribution in [0.4, 0.5) is 0 Å². The van der Waals surface area contributed by atoms with Gasteiger partial charge in [-0.2, -0.15) is 0 Å². The Kier molecular flexibility index (Phi) is 18.8. The monoisotopic (exact) mass is 834 g/mol. The normalized spacial score (nSPS) is 12.9. The van der Waals surface area contributed by atoms with Gasteiger partial charge in [-0.3, -0.25) is 28.8 Å². The van der Waals surface area contributed by atoms with E-state index < -0.39 is 59.4 Å². The molecule has 0 fully saturated rings. The van der Waals surface area contributed by atoms with Crippen LogP contribution in [0.25, 0.3) is 11.3 Å². The number of esters is 2. The largest absolute Gasteiger partial charge is 0.493 e. The van der Waals surface area contributed by atoms with Gasteiger partial charge in [-0.05, 0) is 91.1 Å². The zero-order valence-electron chi connectivity index (χ0n) is 36.4. The number of benzene rings is 2. The van der Waals surface area contributed by atoms with Gasteiger partial charge in [-0.1, -0.05) is 69.5 Å². The summed E-state index contributed by atoms with van der Waals surface area (Å²) in [5, 5.41) is 9.26. The van der Waals surface area contributed by atoms with Gasteiger partial charge < -0.3 is 34.6 Å². The summed E-state index contributed by atoms with van der Waals surface area (Å²) in [6.07, 6.45) is 3.77. The molecule has 0 aliphatic heterocycles. The van der Waals surface area contributed by atoms with E-state index in [0.29, 0.717) is 30.6 Å². The maximum absolute atomic E-state index is 13.6. The number of hydrogen-bond donors (Lipinski definition) is 3. The number of carbonyl (C=O) groups is 6. The molecule has 15 heteroatoms. The fourth-order valence-corrected chi connectivity index (χ4v) is 6.22. The standard InChI is InChI=1S/C45H62N4O11/c1-10-13-15-20-32(35(11-2)49(29-50)57-27-30-18-16-14-17-19-30)40(52)46-28-47-42(54)37-24-23-36(58-37)31-21-22-33(38(25-31)56-12-3)41(53)48-34(43(55)60-45(7,8)9)26-39(51)59-44(4,5)6/h14,16-19,21-25,29,32,34-35H,10-13,15,20,26-28H2,1-9H3,(H,46,52)(H,47,54)(H,48,53)/t32?,34?,35-/m1/s1. The van der Waals surface area contributed by atoms with E-state index in [-0.39, 0.29) is 42.9 Å². The molecule has 3 aromatic rings. The van der Waals surface area contributed by atoms with Crippen molar-refractivity contribution in [3.63, 3.8) is 0 Å². The lowest BCUT2D eigenvalue weighted by Crippen LogP contribution is -2.48. The summed E-state index contributed by atoms with van der Waals surface area (Å²) >= 11 is 0. The van der Waals surface area contributed by atoms with Gasteiger partial charge in [0.15, 0.2) is 5.76 Å². The van der Waals surface area contributed by atoms with E-state index in [4.69, 9.17) is 23.5 Å². The molecular weight excluding hydrogens is 773 g/mol. The molecule has 0 spiro atoms. The van der Waals surface area contributed by atoms with Crippen molar-refractivity contribution in [3.05, 3.63) is 77.6 Å². The van der Waals surface area contributed by atoms with Crippen LogP contribution in [0.15, 0.2) is 65.1 Å². The van der Waals surface area contributed by atoms with Crippen molar-refractivity contribution < 1.29 is 52.2 Å². The predicted octanol–water partition coefficient (Wildman–Crippen LogP) is 6.89. The molecular formula is C45H62N4O11. The molecule has 0 radical (unpaired) electrons. The Morgan fingerprint density at radius 2 is 1.53 bits per heavy atom. The molecule has 2 aromatic carbocycles. The van der Waals surface area contributed by atoms with Gasteiger partial charge in [0.1, 0.15) is 35.4 Å². The molecule has 0 saturated heterocycles. The van der Waals surface area contributed by atoms with Gasteiger partial charge in [0.25, 0.3) is 11.8 Å². The summed E-state index contributed by atoms with van der Waals surface area (Å²) in [6, 6.07) is 15.2. The van der Waals surface area contributed by atoms with Crippen molar-refractivity contribution in [3.8, 4) is 17.1 Å². The highest BCUT2D eigenvalue weighted by Gasteiger charge is 2.33. The van der Waals surface area contributed by atoms with Crippen molar-refractivity contribution >= 4 is 36.1 Å². The second-order valence-corrected chi connectivity index (χ2v) is 16.2. The zero-order valence-corrected chi connectivity index (χ0v) is 36.4. The van der Waals surface area contributed by atoms with Crippen molar-refractivity contribution in [2.24, 2.45) is 5.92 Å². The molecule has 2 unspecified atom stereocenters. The summed E-state index contributed by atoms with van der Waals surface area (Å²) in [4.78, 5) is 84.1. The van der Waals surface area contributed by atoms with E-state index in [2.05, 4.69) is 22.9 Å². The highest BCUT2D eigenvalue weighted by molar-refractivity contribution is 6.00. The van der Waals surface area contributed by atoms with E-state index in [1.54, 1.807) is 66.7 Å². The number of nitrogens with one attached hydrogen (secondary N) is 3. The summed E-state index contributed by atoms with van der Waals surface area (Å²) in [6.45, 7) is 16.0. The van der Waals surface area contributed by atoms with Crippen molar-refractivity contribution in [1.29, 1.82) is 0 Å². The molecule has 15 nitrogen and oxygen atoms in total. The van der Waals surface area contributed by atoms with E-state index in [1.807, 2.05) is 37.3 Å². The molecule has 1 heterocycles. The first kappa shape index (κ1) is 48.7. The van der Waals surface area contributed by atoms with Crippen LogP contribution < -0.4 is 20.7 Å². The fraction of sp³-hybridized carbons (Fsp3) is 0.511. The Hall–Kier alpha value is -5.70. The van der Waals surface area contributed by atoms with Gasteiger partial charge in [0.05, 0.1) is 37.2 Å². The van der Waals surface area contributed by atoms with E-state index in [1.165, 1.54) is 17.2 Å². The fourth-order valence-electron chi connectivity index (χ4n) is 6.22. The molecule has 3 N–H and O–H groups in total. The summed E-state index contributed by atoms with van der Waals surface area (Å²) in [5.74, 6) is -3.27. The SMILES string of the molecule is CCCCCC(C(=O)NCNC(=O)c1ccc(-c2ccc(C(=O)NC(CC(=O)OC(C)(C)C)C(=O)OC(C)(C)C)c(OCC)c2)o1)[C@@H](CC)N(C=O)OCc1ccccc1. The Bertz CT molecular complexity index is 1880. The quantitative estimate of drug-likeness (QED) is 0.0297. The number of rotatable bonds is 23. The molecule has 4 amide bonds. The predicted molar refractivity (Wildman–Crippen MR) is 224 cm³/mol. The average molecular weight is 835 g/mol. The zero-order chi connectivity index (χ0) is 44.5. The van der Waals surface area contributed by atoms with Crippen LogP contribution in [0, 0.1) is 5.92 Å².